The molecule has 0 aliphatic rings. The highest BCUT2D eigenvalue weighted by Gasteiger charge is 2.05. The molecule has 3 aromatic rings. The second-order valence-corrected chi connectivity index (χ2v) is 4.70. The Labute approximate surface area is 109 Å². The zero-order chi connectivity index (χ0) is 13.2. The van der Waals surface area contributed by atoms with Gasteiger partial charge in [0, 0.05) is 18.3 Å². The maximum Gasteiger partial charge on any atom is 0.340 e. The lowest BCUT2D eigenvalue weighted by Gasteiger charge is -2.14. The molecular weight excluding hydrogens is 242 g/mol. The number of H-pyrrole nitrogens is 3. The Hall–Kier alpha value is -2.34. The lowest BCUT2D eigenvalue weighted by molar-refractivity contribution is 0.311. The maximum absolute atomic E-state index is 11.0. The fourth-order valence-corrected chi connectivity index (χ4v) is 2.20. The Kier molecular flexibility index (Phi) is 2.92. The first-order valence-electron chi connectivity index (χ1n) is 6.09. The van der Waals surface area contributed by atoms with Crippen molar-refractivity contribution in [2.75, 3.05) is 7.05 Å². The Morgan fingerprint density at radius 1 is 1.26 bits per heavy atom. The minimum Gasteiger partial charge on any atom is -0.361 e. The van der Waals surface area contributed by atoms with Crippen molar-refractivity contribution in [3.05, 3.63) is 52.3 Å². The number of nitrogens with one attached hydrogen (secondary N) is 3. The summed E-state index contributed by atoms with van der Waals surface area (Å²) in [5.41, 5.74) is 2.10. The van der Waals surface area contributed by atoms with Crippen LogP contribution in [0.1, 0.15) is 11.4 Å². The second-order valence-electron chi connectivity index (χ2n) is 4.70. The summed E-state index contributed by atoms with van der Waals surface area (Å²) >= 11 is 0. The predicted molar refractivity (Wildman–Crippen MR) is 72.7 cm³/mol. The van der Waals surface area contributed by atoms with Gasteiger partial charge in [-0.25, -0.2) is 9.89 Å². The van der Waals surface area contributed by atoms with Gasteiger partial charge in [-0.2, -0.15) is 5.10 Å². The van der Waals surface area contributed by atoms with E-state index in [0.717, 1.165) is 12.1 Å². The van der Waals surface area contributed by atoms with Crippen molar-refractivity contribution >= 4 is 10.9 Å². The van der Waals surface area contributed by atoms with Crippen LogP contribution in [-0.2, 0) is 13.1 Å². The van der Waals surface area contributed by atoms with Crippen molar-refractivity contribution in [2.24, 2.45) is 0 Å². The monoisotopic (exact) mass is 257 g/mol. The van der Waals surface area contributed by atoms with Crippen molar-refractivity contribution in [1.82, 2.24) is 25.1 Å². The molecule has 19 heavy (non-hydrogen) atoms. The van der Waals surface area contributed by atoms with Gasteiger partial charge in [-0.05, 0) is 36.2 Å². The number of aromatic amines is 3. The molecule has 6 heteroatoms. The van der Waals surface area contributed by atoms with Gasteiger partial charge in [0.25, 0.3) is 0 Å². The number of hydrogen-bond donors (Lipinski definition) is 3. The molecule has 0 saturated heterocycles. The third-order valence-corrected chi connectivity index (χ3v) is 3.04. The first-order valence-corrected chi connectivity index (χ1v) is 6.09. The van der Waals surface area contributed by atoms with E-state index < -0.39 is 0 Å². The van der Waals surface area contributed by atoms with Gasteiger partial charge in [0.1, 0.15) is 5.82 Å². The van der Waals surface area contributed by atoms with Crippen LogP contribution in [0.25, 0.3) is 10.9 Å². The Balaban J connectivity index is 1.71. The summed E-state index contributed by atoms with van der Waals surface area (Å²) in [5, 5.41) is 7.47. The Bertz CT molecular complexity index is 738. The lowest BCUT2D eigenvalue weighted by Crippen LogP contribution is -2.18. The van der Waals surface area contributed by atoms with Crippen molar-refractivity contribution in [1.29, 1.82) is 0 Å². The van der Waals surface area contributed by atoms with Crippen LogP contribution in [0.4, 0.5) is 0 Å². The van der Waals surface area contributed by atoms with Gasteiger partial charge >= 0.3 is 5.69 Å². The van der Waals surface area contributed by atoms with E-state index in [9.17, 15) is 4.79 Å². The van der Waals surface area contributed by atoms with Crippen LogP contribution in [0.3, 0.4) is 0 Å². The van der Waals surface area contributed by atoms with Gasteiger partial charge in [-0.1, -0.05) is 6.07 Å². The molecule has 3 N–H and O–H groups in total. The van der Waals surface area contributed by atoms with E-state index in [4.69, 9.17) is 0 Å². The summed E-state index contributed by atoms with van der Waals surface area (Å²) in [5.74, 6) is 0.648. The SMILES string of the molecule is CN(Cc1ccc2[nH]ccc2c1)Cc1n[nH]c(=O)[nH]1. The van der Waals surface area contributed by atoms with Crippen LogP contribution in [0, 0.1) is 0 Å². The van der Waals surface area contributed by atoms with E-state index in [0.29, 0.717) is 12.4 Å². The summed E-state index contributed by atoms with van der Waals surface area (Å²) in [7, 11) is 1.99. The third-order valence-electron chi connectivity index (χ3n) is 3.04. The molecule has 2 aromatic heterocycles. The van der Waals surface area contributed by atoms with Crippen LogP contribution in [0.2, 0.25) is 0 Å². The standard InChI is InChI=1S/C13H15N5O/c1-18(8-12-15-13(19)17-16-12)7-9-2-3-11-10(6-9)4-5-14-11/h2-6,14H,7-8H2,1H3,(H2,15,16,17,19). The van der Waals surface area contributed by atoms with E-state index in [-0.39, 0.29) is 5.69 Å². The van der Waals surface area contributed by atoms with E-state index >= 15 is 0 Å². The van der Waals surface area contributed by atoms with Crippen molar-refractivity contribution in [3.63, 3.8) is 0 Å². The maximum atomic E-state index is 11.0. The van der Waals surface area contributed by atoms with Gasteiger partial charge in [-0.3, -0.25) is 9.88 Å². The van der Waals surface area contributed by atoms with Crippen LogP contribution in [0.5, 0.6) is 0 Å². The van der Waals surface area contributed by atoms with Crippen LogP contribution < -0.4 is 5.69 Å². The molecule has 0 aliphatic carbocycles. The van der Waals surface area contributed by atoms with Crippen molar-refractivity contribution in [2.45, 2.75) is 13.1 Å². The van der Waals surface area contributed by atoms with Crippen molar-refractivity contribution in [3.8, 4) is 0 Å². The van der Waals surface area contributed by atoms with Crippen LogP contribution >= 0.6 is 0 Å². The quantitative estimate of drug-likeness (QED) is 0.657. The van der Waals surface area contributed by atoms with Crippen LogP contribution in [-0.4, -0.2) is 32.1 Å². The second kappa shape index (κ2) is 4.74. The predicted octanol–water partition coefficient (Wildman–Crippen LogP) is 1.21. The molecule has 0 amide bonds. The minimum atomic E-state index is -0.267. The van der Waals surface area contributed by atoms with Gasteiger partial charge in [0.05, 0.1) is 6.54 Å². The highest BCUT2D eigenvalue weighted by Crippen LogP contribution is 2.15. The first kappa shape index (κ1) is 11.7. The summed E-state index contributed by atoms with van der Waals surface area (Å²) in [6.07, 6.45) is 1.94. The third kappa shape index (κ3) is 2.58. The number of nitrogens with zero attached hydrogens (tertiary/aromatic N) is 2. The minimum absolute atomic E-state index is 0.267. The first-order chi connectivity index (χ1) is 9.20. The van der Waals surface area contributed by atoms with Crippen molar-refractivity contribution < 1.29 is 0 Å². The highest BCUT2D eigenvalue weighted by molar-refractivity contribution is 5.79. The molecule has 0 radical (unpaired) electrons. The number of hydrogen-bond acceptors (Lipinski definition) is 3. The zero-order valence-electron chi connectivity index (χ0n) is 10.6. The molecule has 6 nitrogen and oxygen atoms in total. The van der Waals surface area contributed by atoms with Gasteiger partial charge < -0.3 is 4.98 Å². The lowest BCUT2D eigenvalue weighted by atomic mass is 10.1. The molecule has 0 saturated carbocycles. The molecule has 98 valence electrons. The van der Waals surface area contributed by atoms with E-state index in [1.165, 1.54) is 10.9 Å². The summed E-state index contributed by atoms with van der Waals surface area (Å²) in [6, 6.07) is 8.40. The molecule has 0 fully saturated rings. The number of rotatable bonds is 4. The molecule has 0 aliphatic heterocycles. The number of fused-ring (bicyclic) bond motifs is 1. The fourth-order valence-electron chi connectivity index (χ4n) is 2.20. The average Bonchev–Trinajstić information content (AvgIpc) is 2.97. The number of aromatic nitrogens is 4. The fraction of sp³-hybridized carbons (Fsp3) is 0.231. The van der Waals surface area contributed by atoms with Crippen LogP contribution in [0.15, 0.2) is 35.3 Å². The number of benzene rings is 1. The smallest absolute Gasteiger partial charge is 0.340 e. The summed E-state index contributed by atoms with van der Waals surface area (Å²) in [4.78, 5) is 18.9. The van der Waals surface area contributed by atoms with Gasteiger partial charge in [0.2, 0.25) is 0 Å². The van der Waals surface area contributed by atoms with E-state index in [1.54, 1.807) is 0 Å². The van der Waals surface area contributed by atoms with E-state index in [2.05, 4.69) is 49.3 Å². The Morgan fingerprint density at radius 3 is 2.95 bits per heavy atom. The average molecular weight is 257 g/mol. The normalized spacial score (nSPS) is 11.5. The van der Waals surface area contributed by atoms with Gasteiger partial charge in [-0.15, -0.1) is 0 Å². The Morgan fingerprint density at radius 2 is 2.16 bits per heavy atom. The highest BCUT2D eigenvalue weighted by atomic mass is 16.1. The molecule has 2 heterocycles. The van der Waals surface area contributed by atoms with Gasteiger partial charge in [0.15, 0.2) is 0 Å². The molecular formula is C13H15N5O. The molecule has 0 bridgehead atoms. The molecule has 0 unspecified atom stereocenters. The molecule has 0 spiro atoms. The summed E-state index contributed by atoms with van der Waals surface area (Å²) in [6.45, 7) is 1.40. The molecule has 3 rings (SSSR count). The zero-order valence-corrected chi connectivity index (χ0v) is 10.6. The topological polar surface area (TPSA) is 80.6 Å². The summed E-state index contributed by atoms with van der Waals surface area (Å²) < 4.78 is 0. The van der Waals surface area contributed by atoms with E-state index in [1.807, 2.05) is 13.2 Å². The molecule has 0 atom stereocenters. The largest absolute Gasteiger partial charge is 0.361 e. The molecule has 1 aromatic carbocycles.